The molecule has 7 rings (SSSR count). The number of fused-ring (bicyclic) bond motifs is 3. The van der Waals surface area contributed by atoms with E-state index in [2.05, 4.69) is 4.98 Å². The summed E-state index contributed by atoms with van der Waals surface area (Å²) < 4.78 is 139. The summed E-state index contributed by atoms with van der Waals surface area (Å²) in [7, 11) is 0. The molecule has 0 aliphatic heterocycles. The lowest BCUT2D eigenvalue weighted by atomic mass is 9.86. The summed E-state index contributed by atoms with van der Waals surface area (Å²) in [4.78, 5) is 4.33. The van der Waals surface area contributed by atoms with E-state index in [1.165, 1.54) is 16.7 Å². The van der Waals surface area contributed by atoms with Crippen molar-refractivity contribution in [3.8, 4) is 27.9 Å². The summed E-state index contributed by atoms with van der Waals surface area (Å²) in [5.41, 5.74) is 0.639. The van der Waals surface area contributed by atoms with Crippen LogP contribution in [0.15, 0.2) is 127 Å². The average Bonchev–Trinajstić information content (AvgIpc) is 3.53. The minimum absolute atomic E-state index is 0.0294. The summed E-state index contributed by atoms with van der Waals surface area (Å²) in [6, 6.07) is 4.03. The summed E-state index contributed by atoms with van der Waals surface area (Å²) in [6.07, 6.45) is 0. The zero-order chi connectivity index (χ0) is 37.9. The van der Waals surface area contributed by atoms with Crippen LogP contribution in [0.3, 0.4) is 0 Å². The first-order valence-corrected chi connectivity index (χ1v) is 11.0. The van der Waals surface area contributed by atoms with E-state index in [0.29, 0.717) is 16.7 Å². The van der Waals surface area contributed by atoms with Crippen molar-refractivity contribution < 1.29 is 21.9 Å². The number of para-hydroxylation sites is 2. The van der Waals surface area contributed by atoms with Crippen LogP contribution in [-0.4, -0.2) is 9.55 Å². The fourth-order valence-electron chi connectivity index (χ4n) is 4.60. The molecule has 0 spiro atoms. The number of hydrogen-bond donors (Lipinski definition) is 0. The quantitative estimate of drug-likeness (QED) is 0.233. The molecule has 0 saturated heterocycles. The van der Waals surface area contributed by atoms with E-state index in [4.69, 9.17) is 21.9 Å². The summed E-state index contributed by atoms with van der Waals surface area (Å²) in [5.74, 6) is -0.205. The highest BCUT2D eigenvalue weighted by Crippen LogP contribution is 2.43. The molecule has 0 aliphatic rings. The van der Waals surface area contributed by atoms with Crippen LogP contribution in [0.25, 0.3) is 60.5 Å². The molecular weight excluding hydrogens is 436 g/mol. The minimum Gasteiger partial charge on any atom is -0.297 e. The Morgan fingerprint density at radius 3 is 1.78 bits per heavy atom. The van der Waals surface area contributed by atoms with Gasteiger partial charge in [-0.25, -0.2) is 4.98 Å². The number of imidazole rings is 1. The molecule has 0 bridgehead atoms. The first kappa shape index (κ1) is 10.1. The van der Waals surface area contributed by atoms with Gasteiger partial charge in [0.05, 0.1) is 28.9 Å². The van der Waals surface area contributed by atoms with Crippen LogP contribution in [0, 0.1) is 6.85 Å². The van der Waals surface area contributed by atoms with Crippen molar-refractivity contribution in [2.24, 2.45) is 0 Å². The molecule has 0 unspecified atom stereocenters. The van der Waals surface area contributed by atoms with Crippen molar-refractivity contribution in [3.05, 3.63) is 133 Å². The minimum atomic E-state index is -2.60. The van der Waals surface area contributed by atoms with Gasteiger partial charge in [0.2, 0.25) is 0 Å². The molecule has 6 aromatic carbocycles. The molecule has 0 radical (unpaired) electrons. The lowest BCUT2D eigenvalue weighted by Gasteiger charge is -2.18. The lowest BCUT2D eigenvalue weighted by molar-refractivity contribution is 1.00. The Labute approximate surface area is 232 Å². The largest absolute Gasteiger partial charge is 0.297 e. The van der Waals surface area contributed by atoms with E-state index in [-0.39, 0.29) is 44.1 Å². The van der Waals surface area contributed by atoms with Crippen molar-refractivity contribution in [1.82, 2.24) is 9.55 Å². The highest BCUT2D eigenvalue weighted by molar-refractivity contribution is 6.21. The first-order chi connectivity index (χ1) is 24.4. The van der Waals surface area contributed by atoms with Gasteiger partial charge < -0.3 is 0 Å². The highest BCUT2D eigenvalue weighted by atomic mass is 15.1. The first-order valence-electron chi connectivity index (χ1n) is 19.0. The maximum absolute atomic E-state index is 9.08. The number of aryl methyl sites for hydroxylation is 1. The van der Waals surface area contributed by atoms with Gasteiger partial charge in [0.15, 0.2) is 0 Å². The van der Waals surface area contributed by atoms with Gasteiger partial charge in [-0.05, 0) is 74.9 Å². The molecule has 7 aromatic rings. The molecule has 0 N–H and O–H groups in total. The molecular formula is C34H24N2. The Balaban J connectivity index is 1.70. The lowest BCUT2D eigenvalue weighted by Crippen LogP contribution is -1.97. The molecule has 0 amide bonds. The number of nitrogens with zero attached hydrogens (tertiary/aromatic N) is 2. The smallest absolute Gasteiger partial charge is 0.111 e. The third-order valence-electron chi connectivity index (χ3n) is 6.10. The number of hydrogen-bond acceptors (Lipinski definition) is 1. The Morgan fingerprint density at radius 2 is 1.17 bits per heavy atom. The van der Waals surface area contributed by atoms with Gasteiger partial charge >= 0.3 is 0 Å². The molecule has 0 atom stereocenters. The molecule has 0 fully saturated rings. The van der Waals surface area contributed by atoms with Gasteiger partial charge in [0.25, 0.3) is 0 Å². The molecule has 1 aromatic heterocycles. The van der Waals surface area contributed by atoms with E-state index in [1.54, 1.807) is 36.4 Å². The second-order valence-corrected chi connectivity index (χ2v) is 8.06. The van der Waals surface area contributed by atoms with Crippen molar-refractivity contribution in [2.45, 2.75) is 6.85 Å². The third-order valence-corrected chi connectivity index (χ3v) is 6.10. The van der Waals surface area contributed by atoms with Crippen LogP contribution in [-0.2, 0) is 0 Å². The number of benzene rings is 6. The second-order valence-electron chi connectivity index (χ2n) is 8.06. The van der Waals surface area contributed by atoms with Crippen molar-refractivity contribution >= 4 is 32.6 Å². The monoisotopic (exact) mass is 476 g/mol. The Morgan fingerprint density at radius 1 is 0.611 bits per heavy atom. The third kappa shape index (κ3) is 3.15. The standard InChI is InChI=1S/C34H24N2/c1-23-35-31-17-9-10-18-32(31)36(23)26-21-19-25(20-22-26)34-29-15-7-5-13-27(29)33(24-11-3-2-4-12-24)28-14-6-8-16-30(28)34/h2-22H,1H3/i1D3,2D,3D,4D,5D,6D,7D,8D,11D,12D,13D,14D,15D,16D. The Kier molecular flexibility index (Phi) is 2.31. The summed E-state index contributed by atoms with van der Waals surface area (Å²) in [6.45, 7) is -2.60. The molecule has 170 valence electrons. The molecule has 2 nitrogen and oxygen atoms in total. The molecule has 1 heterocycles. The fourth-order valence-corrected chi connectivity index (χ4v) is 4.60. The van der Waals surface area contributed by atoms with Gasteiger partial charge in [-0.15, -0.1) is 0 Å². The highest BCUT2D eigenvalue weighted by Gasteiger charge is 2.16. The van der Waals surface area contributed by atoms with E-state index >= 15 is 0 Å². The van der Waals surface area contributed by atoms with Gasteiger partial charge in [-0.3, -0.25) is 4.57 Å². The van der Waals surface area contributed by atoms with Gasteiger partial charge in [-0.2, -0.15) is 0 Å². The molecule has 2 heteroatoms. The van der Waals surface area contributed by atoms with Crippen molar-refractivity contribution in [1.29, 1.82) is 0 Å². The maximum atomic E-state index is 9.08. The van der Waals surface area contributed by atoms with E-state index < -0.39 is 91.0 Å². The second kappa shape index (κ2) is 8.21. The van der Waals surface area contributed by atoms with Crippen LogP contribution in [0.4, 0.5) is 0 Å². The average molecular weight is 477 g/mol. The van der Waals surface area contributed by atoms with Crippen LogP contribution in [0.1, 0.15) is 27.8 Å². The van der Waals surface area contributed by atoms with Crippen LogP contribution in [0.2, 0.25) is 0 Å². The predicted molar refractivity (Wildman–Crippen MR) is 152 cm³/mol. The SMILES string of the molecule is [2H]c1c([2H])c([2H])c(-c2c3c([2H])c([2H])c([2H])c([2H])c3c(-c3ccc(-n4c(C([2H])([2H])[2H])nc5ccccc54)cc3)c3c([2H])c([2H])c([2H])c([2H])c23)c([2H])c1[2H]. The van der Waals surface area contributed by atoms with Gasteiger partial charge in [-0.1, -0.05) is 103 Å². The zero-order valence-corrected chi connectivity index (χ0v) is 18.5. The summed E-state index contributed by atoms with van der Waals surface area (Å²) in [5, 5.41) is -1.05. The van der Waals surface area contributed by atoms with E-state index in [9.17, 15) is 0 Å². The van der Waals surface area contributed by atoms with Gasteiger partial charge in [0, 0.05) is 9.80 Å². The van der Waals surface area contributed by atoms with E-state index in [1.807, 2.05) is 0 Å². The Bertz CT molecular complexity index is 2590. The van der Waals surface area contributed by atoms with Crippen molar-refractivity contribution in [2.75, 3.05) is 0 Å². The van der Waals surface area contributed by atoms with Crippen molar-refractivity contribution in [3.63, 3.8) is 0 Å². The molecule has 0 aliphatic carbocycles. The Hall–Kier alpha value is -4.69. The van der Waals surface area contributed by atoms with Crippen LogP contribution >= 0.6 is 0 Å². The van der Waals surface area contributed by atoms with Crippen LogP contribution < -0.4 is 0 Å². The number of rotatable bonds is 3. The zero-order valence-electron chi connectivity index (χ0n) is 34.5. The van der Waals surface area contributed by atoms with Gasteiger partial charge in [0.1, 0.15) is 5.82 Å². The maximum Gasteiger partial charge on any atom is 0.111 e. The normalized spacial score (nSPS) is 18.1. The van der Waals surface area contributed by atoms with Crippen LogP contribution in [0.5, 0.6) is 0 Å². The van der Waals surface area contributed by atoms with E-state index in [0.717, 1.165) is 0 Å². The molecule has 0 saturated carbocycles. The topological polar surface area (TPSA) is 17.8 Å². The number of aromatic nitrogens is 2. The predicted octanol–water partition coefficient (Wildman–Crippen LogP) is 8.97. The summed E-state index contributed by atoms with van der Waals surface area (Å²) >= 11 is 0. The fraction of sp³-hybridized carbons (Fsp3) is 0.0294. The molecule has 36 heavy (non-hydrogen) atoms.